The number of ether oxygens (including phenoxy) is 1. The second-order valence-electron chi connectivity index (χ2n) is 4.33. The molecule has 0 saturated carbocycles. The summed E-state index contributed by atoms with van der Waals surface area (Å²) in [4.78, 5) is 0. The van der Waals surface area contributed by atoms with Crippen molar-refractivity contribution in [2.45, 2.75) is 13.5 Å². The van der Waals surface area contributed by atoms with E-state index in [1.165, 1.54) is 0 Å². The summed E-state index contributed by atoms with van der Waals surface area (Å²) in [6, 6.07) is 7.47. The van der Waals surface area contributed by atoms with Crippen LogP contribution >= 0.6 is 11.6 Å². The highest BCUT2D eigenvalue weighted by Gasteiger charge is 2.13. The monoisotopic (exact) mass is 290 g/mol. The molecule has 0 bridgehead atoms. The van der Waals surface area contributed by atoms with Crippen LogP contribution in [-0.2, 0) is 13.6 Å². The Morgan fingerprint density at radius 1 is 1.50 bits per heavy atom. The van der Waals surface area contributed by atoms with Crippen LogP contribution in [-0.4, -0.2) is 16.9 Å². The van der Waals surface area contributed by atoms with E-state index < -0.39 is 0 Å². The van der Waals surface area contributed by atoms with Crippen molar-refractivity contribution in [2.24, 2.45) is 7.05 Å². The smallest absolute Gasteiger partial charge is 0.143 e. The summed E-state index contributed by atoms with van der Waals surface area (Å²) in [5.41, 5.74) is 2.96. The Labute approximate surface area is 122 Å². The van der Waals surface area contributed by atoms with Gasteiger partial charge in [0.05, 0.1) is 24.1 Å². The lowest BCUT2D eigenvalue weighted by Gasteiger charge is -2.12. The van der Waals surface area contributed by atoms with Gasteiger partial charge in [0.15, 0.2) is 0 Å². The second kappa shape index (κ2) is 5.85. The van der Waals surface area contributed by atoms with E-state index in [4.69, 9.17) is 21.6 Å². The molecule has 1 heterocycles. The maximum Gasteiger partial charge on any atom is 0.143 e. The molecule has 0 aliphatic rings. The van der Waals surface area contributed by atoms with Crippen molar-refractivity contribution < 1.29 is 4.74 Å². The molecule has 0 aliphatic carbocycles. The first-order valence-corrected chi connectivity index (χ1v) is 6.45. The van der Waals surface area contributed by atoms with Gasteiger partial charge in [0.25, 0.3) is 0 Å². The summed E-state index contributed by atoms with van der Waals surface area (Å²) < 4.78 is 6.90. The lowest BCUT2D eigenvalue weighted by atomic mass is 10.1. The number of halogens is 1. The summed E-state index contributed by atoms with van der Waals surface area (Å²) in [6.07, 6.45) is 0. The van der Waals surface area contributed by atoms with Crippen molar-refractivity contribution in [1.82, 2.24) is 9.78 Å². The molecule has 0 spiro atoms. The number of methoxy groups -OCH3 is 1. The summed E-state index contributed by atoms with van der Waals surface area (Å²) in [6.45, 7) is 2.38. The normalized spacial score (nSPS) is 10.2. The zero-order valence-corrected chi connectivity index (χ0v) is 12.3. The van der Waals surface area contributed by atoms with Gasteiger partial charge in [-0.05, 0) is 19.1 Å². The van der Waals surface area contributed by atoms with Crippen LogP contribution in [0.1, 0.15) is 16.8 Å². The summed E-state index contributed by atoms with van der Waals surface area (Å²) in [7, 11) is 3.37. The van der Waals surface area contributed by atoms with E-state index in [0.717, 1.165) is 11.3 Å². The average molecular weight is 291 g/mol. The summed E-state index contributed by atoms with van der Waals surface area (Å²) in [5.74, 6) is 0.627. The highest BCUT2D eigenvalue weighted by atomic mass is 35.5. The van der Waals surface area contributed by atoms with Crippen LogP contribution in [0.4, 0.5) is 5.69 Å². The molecule has 2 aromatic rings. The van der Waals surface area contributed by atoms with E-state index in [1.54, 1.807) is 37.0 Å². The SMILES string of the molecule is COc1cccc(C#N)c1NCc1c(C)nn(C)c1Cl. The molecule has 2 rings (SSSR count). The van der Waals surface area contributed by atoms with Crippen molar-refractivity contribution in [3.63, 3.8) is 0 Å². The Balaban J connectivity index is 2.29. The number of para-hydroxylation sites is 1. The van der Waals surface area contributed by atoms with Crippen LogP contribution in [0.3, 0.4) is 0 Å². The molecular formula is C14H15ClN4O. The second-order valence-corrected chi connectivity index (χ2v) is 4.68. The van der Waals surface area contributed by atoms with Gasteiger partial charge >= 0.3 is 0 Å². The van der Waals surface area contributed by atoms with Crippen molar-refractivity contribution in [1.29, 1.82) is 5.26 Å². The zero-order valence-electron chi connectivity index (χ0n) is 11.6. The third-order valence-corrected chi connectivity index (χ3v) is 3.55. The van der Waals surface area contributed by atoms with Crippen molar-refractivity contribution in [2.75, 3.05) is 12.4 Å². The van der Waals surface area contributed by atoms with Gasteiger partial charge in [-0.15, -0.1) is 0 Å². The van der Waals surface area contributed by atoms with Gasteiger partial charge in [0.1, 0.15) is 17.0 Å². The first-order valence-electron chi connectivity index (χ1n) is 6.07. The molecule has 104 valence electrons. The maximum atomic E-state index is 9.16. The first kappa shape index (κ1) is 14.2. The Morgan fingerprint density at radius 2 is 2.25 bits per heavy atom. The molecule has 1 aromatic carbocycles. The third-order valence-electron chi connectivity index (χ3n) is 3.08. The lowest BCUT2D eigenvalue weighted by molar-refractivity contribution is 0.416. The number of aromatic nitrogens is 2. The molecule has 5 nitrogen and oxygen atoms in total. The quantitative estimate of drug-likeness (QED) is 0.940. The van der Waals surface area contributed by atoms with Crippen LogP contribution in [0, 0.1) is 18.3 Å². The van der Waals surface area contributed by atoms with Crippen molar-refractivity contribution >= 4 is 17.3 Å². The fraction of sp³-hybridized carbons (Fsp3) is 0.286. The molecule has 0 radical (unpaired) electrons. The minimum absolute atomic E-state index is 0.480. The Bertz CT molecular complexity index is 673. The van der Waals surface area contributed by atoms with Crippen LogP contribution in [0.2, 0.25) is 5.15 Å². The summed E-state index contributed by atoms with van der Waals surface area (Å²) in [5, 5.41) is 17.2. The predicted molar refractivity (Wildman–Crippen MR) is 78.0 cm³/mol. The highest BCUT2D eigenvalue weighted by molar-refractivity contribution is 6.30. The van der Waals surface area contributed by atoms with Crippen molar-refractivity contribution in [3.8, 4) is 11.8 Å². The number of nitrogens with one attached hydrogen (secondary N) is 1. The Morgan fingerprint density at radius 3 is 2.80 bits per heavy atom. The Kier molecular flexibility index (Phi) is 4.16. The van der Waals surface area contributed by atoms with Crippen LogP contribution < -0.4 is 10.1 Å². The number of nitriles is 1. The molecule has 1 aromatic heterocycles. The molecule has 0 aliphatic heterocycles. The summed E-state index contributed by atoms with van der Waals surface area (Å²) >= 11 is 6.19. The number of rotatable bonds is 4. The average Bonchev–Trinajstić information content (AvgIpc) is 2.69. The fourth-order valence-corrected chi connectivity index (χ4v) is 2.27. The van der Waals surface area contributed by atoms with E-state index in [2.05, 4.69) is 16.5 Å². The van der Waals surface area contributed by atoms with E-state index >= 15 is 0 Å². The van der Waals surface area contributed by atoms with Gasteiger partial charge in [-0.2, -0.15) is 10.4 Å². The van der Waals surface area contributed by atoms with Gasteiger partial charge in [0.2, 0.25) is 0 Å². The first-order chi connectivity index (χ1) is 9.58. The number of nitrogens with zero attached hydrogens (tertiary/aromatic N) is 3. The topological polar surface area (TPSA) is 62.9 Å². The molecule has 0 atom stereocenters. The third kappa shape index (κ3) is 2.56. The van der Waals surface area contributed by atoms with E-state index in [1.807, 2.05) is 6.92 Å². The highest BCUT2D eigenvalue weighted by Crippen LogP contribution is 2.29. The number of hydrogen-bond acceptors (Lipinski definition) is 4. The number of anilines is 1. The number of benzene rings is 1. The van der Waals surface area contributed by atoms with Crippen LogP contribution in [0.5, 0.6) is 5.75 Å². The largest absolute Gasteiger partial charge is 0.495 e. The maximum absolute atomic E-state index is 9.16. The van der Waals surface area contributed by atoms with E-state index in [0.29, 0.717) is 28.7 Å². The zero-order chi connectivity index (χ0) is 14.7. The number of hydrogen-bond donors (Lipinski definition) is 1. The van der Waals surface area contributed by atoms with Gasteiger partial charge < -0.3 is 10.1 Å². The molecular weight excluding hydrogens is 276 g/mol. The van der Waals surface area contributed by atoms with Crippen LogP contribution in [0.25, 0.3) is 0 Å². The Hall–Kier alpha value is -2.19. The minimum Gasteiger partial charge on any atom is -0.495 e. The number of aryl methyl sites for hydroxylation is 2. The van der Waals surface area contributed by atoms with Gasteiger partial charge in [-0.3, -0.25) is 4.68 Å². The fourth-order valence-electron chi connectivity index (χ4n) is 2.03. The molecule has 6 heteroatoms. The standard InChI is InChI=1S/C14H15ClN4O/c1-9-11(14(15)19(2)18-9)8-17-13-10(7-16)5-4-6-12(13)20-3/h4-6,17H,8H2,1-3H3. The van der Waals surface area contributed by atoms with Crippen molar-refractivity contribution in [3.05, 3.63) is 40.2 Å². The molecule has 1 N–H and O–H groups in total. The molecule has 0 saturated heterocycles. The lowest BCUT2D eigenvalue weighted by Crippen LogP contribution is -2.04. The van der Waals surface area contributed by atoms with Crippen LogP contribution in [0.15, 0.2) is 18.2 Å². The van der Waals surface area contributed by atoms with Gasteiger partial charge in [-0.1, -0.05) is 17.7 Å². The molecule has 20 heavy (non-hydrogen) atoms. The molecule has 0 fully saturated rings. The van der Waals surface area contributed by atoms with E-state index in [9.17, 15) is 0 Å². The predicted octanol–water partition coefficient (Wildman–Crippen LogP) is 2.87. The minimum atomic E-state index is 0.480. The van der Waals surface area contributed by atoms with Gasteiger partial charge in [0, 0.05) is 19.2 Å². The molecule has 0 amide bonds. The van der Waals surface area contributed by atoms with Gasteiger partial charge in [-0.25, -0.2) is 0 Å². The van der Waals surface area contributed by atoms with E-state index in [-0.39, 0.29) is 0 Å². The molecule has 0 unspecified atom stereocenters.